The van der Waals surface area contributed by atoms with Gasteiger partial charge in [0.15, 0.2) is 5.82 Å². The van der Waals surface area contributed by atoms with E-state index in [1.165, 1.54) is 18.3 Å². The molecule has 4 aliphatic rings. The first-order chi connectivity index (χ1) is 26.3. The van der Waals surface area contributed by atoms with Crippen molar-refractivity contribution in [1.82, 2.24) is 24.8 Å². The Bertz CT molecular complexity index is 2350. The number of fused-ring (bicyclic) bond motifs is 5. The molecule has 11 nitrogen and oxygen atoms in total. The molecule has 2 bridgehead atoms. The average Bonchev–Trinajstić information content (AvgIpc) is 3.78. The summed E-state index contributed by atoms with van der Waals surface area (Å²) in [5, 5.41) is 22.0. The predicted molar refractivity (Wildman–Crippen MR) is 197 cm³/mol. The zero-order chi connectivity index (χ0) is 37.0. The van der Waals surface area contributed by atoms with Gasteiger partial charge in [-0.2, -0.15) is 15.2 Å². The van der Waals surface area contributed by atoms with Gasteiger partial charge in [-0.15, -0.1) is 0 Å². The van der Waals surface area contributed by atoms with Gasteiger partial charge < -0.3 is 19.5 Å². The van der Waals surface area contributed by atoms with Crippen LogP contribution >= 0.6 is 0 Å². The maximum Gasteiger partial charge on any atom is 0.410 e. The number of carbonyl (C=O) groups is 1. The largest absolute Gasteiger partial charge is 0.508 e. The van der Waals surface area contributed by atoms with Crippen molar-refractivity contribution in [2.45, 2.75) is 56.1 Å². The fraction of sp³-hybridized carbons (Fsp3) is 0.341. The number of allylic oxidation sites excluding steroid dienone is 1. The molecule has 4 aliphatic heterocycles. The van der Waals surface area contributed by atoms with Crippen LogP contribution in [0.4, 0.5) is 19.4 Å². The number of phenolic OH excluding ortho intramolecular Hbond substituents is 1. The predicted octanol–water partition coefficient (Wildman–Crippen LogP) is 6.69. The van der Waals surface area contributed by atoms with E-state index in [-0.39, 0.29) is 48.8 Å². The summed E-state index contributed by atoms with van der Waals surface area (Å²) in [6.07, 6.45) is 4.10. The molecule has 0 spiro atoms. The molecule has 0 saturated carbocycles. The maximum atomic E-state index is 17.0. The van der Waals surface area contributed by atoms with Crippen molar-refractivity contribution in [3.8, 4) is 29.1 Å². The van der Waals surface area contributed by atoms with Gasteiger partial charge in [0.25, 0.3) is 0 Å². The number of nitriles is 1. The molecule has 0 aliphatic carbocycles. The summed E-state index contributed by atoms with van der Waals surface area (Å²) < 4.78 is 43.7. The lowest BCUT2D eigenvalue weighted by Crippen LogP contribution is -2.56. The molecule has 4 atom stereocenters. The number of benzene rings is 3. The number of pyridine rings is 1. The molecule has 2 unspecified atom stereocenters. The Balaban J connectivity index is 1.10. The number of rotatable bonds is 7. The standard InChI is InChI=1S/C41H37F2N7O4/c42-28-18-41(12-6-14-49(41)20-28)24-54-39-46-37-33(19-45-36(35(37)43)32-17-30(51)16-26-9-4-5-10-31(26)32)38(47-39)48-21-29-15-27(11-13-44)34(22-48)50(29)40(52)53-23-25-7-2-1-3-8-25/h1-5,7-11,16-17,19,28-29,34,51H,6,12,14-15,18,20-24H2/b27-11-/t28?,29-,34-,41?/m1/s1. The first kappa shape index (κ1) is 33.9. The van der Waals surface area contributed by atoms with Crippen LogP contribution in [0.1, 0.15) is 31.2 Å². The Kier molecular flexibility index (Phi) is 8.50. The van der Waals surface area contributed by atoms with Gasteiger partial charge in [0.2, 0.25) is 0 Å². The monoisotopic (exact) mass is 729 g/mol. The number of aromatic hydroxyl groups is 1. The van der Waals surface area contributed by atoms with Gasteiger partial charge >= 0.3 is 12.1 Å². The number of hydrogen-bond donors (Lipinski definition) is 1. The van der Waals surface area contributed by atoms with Crippen LogP contribution in [0.25, 0.3) is 32.9 Å². The molecule has 6 heterocycles. The molecule has 0 radical (unpaired) electrons. The highest BCUT2D eigenvalue weighted by molar-refractivity contribution is 6.00. The number of hydrogen-bond acceptors (Lipinski definition) is 10. The van der Waals surface area contributed by atoms with Crippen LogP contribution in [0.2, 0.25) is 0 Å². The van der Waals surface area contributed by atoms with E-state index < -0.39 is 29.7 Å². The van der Waals surface area contributed by atoms with Crippen LogP contribution in [0.15, 0.2) is 84.6 Å². The van der Waals surface area contributed by atoms with Crippen LogP contribution in [0, 0.1) is 17.1 Å². The number of halogens is 2. The van der Waals surface area contributed by atoms with E-state index in [1.807, 2.05) is 59.5 Å². The summed E-state index contributed by atoms with van der Waals surface area (Å²) in [7, 11) is 0. The quantitative estimate of drug-likeness (QED) is 0.181. The third-order valence-corrected chi connectivity index (χ3v) is 11.4. The fourth-order valence-corrected chi connectivity index (χ4v) is 8.97. The van der Waals surface area contributed by atoms with E-state index in [1.54, 1.807) is 11.0 Å². The first-order valence-corrected chi connectivity index (χ1v) is 18.2. The minimum Gasteiger partial charge on any atom is -0.508 e. The third kappa shape index (κ3) is 5.91. The molecule has 1 N–H and O–H groups in total. The number of ether oxygens (including phenoxy) is 2. The molecular weight excluding hydrogens is 692 g/mol. The highest BCUT2D eigenvalue weighted by atomic mass is 19.1. The minimum atomic E-state index is -0.952. The Hall–Kier alpha value is -5.87. The molecular formula is C41H37F2N7O4. The van der Waals surface area contributed by atoms with Gasteiger partial charge in [-0.05, 0) is 59.8 Å². The van der Waals surface area contributed by atoms with Crippen LogP contribution in [0.5, 0.6) is 11.8 Å². The SMILES string of the molecule is N#C/C=C1/C[C@@H]2CN(c3nc(OCC45CCCN4CC(F)C5)nc4c(F)c(-c5cc(O)cc6ccccc56)ncc34)C[C@H]1N2C(=O)OCc1ccccc1. The van der Waals surface area contributed by atoms with Crippen molar-refractivity contribution < 1.29 is 28.2 Å². The summed E-state index contributed by atoms with van der Waals surface area (Å²) in [5.74, 6) is -0.370. The number of amides is 1. The van der Waals surface area contributed by atoms with Gasteiger partial charge in [0.1, 0.15) is 42.2 Å². The summed E-state index contributed by atoms with van der Waals surface area (Å²) in [6, 6.07) is 21.1. The minimum absolute atomic E-state index is 0.00659. The molecule has 274 valence electrons. The lowest BCUT2D eigenvalue weighted by molar-refractivity contribution is 0.0753. The van der Waals surface area contributed by atoms with Crippen LogP contribution < -0.4 is 9.64 Å². The normalized spacial score (nSPS) is 24.3. The zero-order valence-electron chi connectivity index (χ0n) is 29.4. The van der Waals surface area contributed by atoms with E-state index in [2.05, 4.69) is 20.9 Å². The Morgan fingerprint density at radius 3 is 2.76 bits per heavy atom. The number of nitrogens with zero attached hydrogens (tertiary/aromatic N) is 7. The fourth-order valence-electron chi connectivity index (χ4n) is 8.97. The maximum absolute atomic E-state index is 17.0. The molecule has 5 aromatic rings. The smallest absolute Gasteiger partial charge is 0.410 e. The molecule has 2 aromatic heterocycles. The van der Waals surface area contributed by atoms with Crippen molar-refractivity contribution in [2.24, 2.45) is 0 Å². The van der Waals surface area contributed by atoms with Crippen molar-refractivity contribution in [3.05, 3.63) is 96.0 Å². The van der Waals surface area contributed by atoms with Crippen LogP contribution in [-0.2, 0) is 11.3 Å². The average molecular weight is 730 g/mol. The lowest BCUT2D eigenvalue weighted by atomic mass is 9.95. The van der Waals surface area contributed by atoms with Crippen molar-refractivity contribution in [1.29, 1.82) is 5.26 Å². The molecule has 1 amide bonds. The van der Waals surface area contributed by atoms with Crippen molar-refractivity contribution >= 4 is 33.6 Å². The second kappa shape index (κ2) is 13.5. The van der Waals surface area contributed by atoms with Gasteiger partial charge in [0, 0.05) is 43.9 Å². The number of aromatic nitrogens is 3. The van der Waals surface area contributed by atoms with E-state index >= 15 is 4.39 Å². The summed E-state index contributed by atoms with van der Waals surface area (Å²) in [4.78, 5) is 33.4. The number of piperazine rings is 1. The Morgan fingerprint density at radius 2 is 1.91 bits per heavy atom. The summed E-state index contributed by atoms with van der Waals surface area (Å²) >= 11 is 0. The topological polar surface area (TPSA) is 128 Å². The second-order valence-electron chi connectivity index (χ2n) is 14.7. The van der Waals surface area contributed by atoms with Gasteiger partial charge in [-0.1, -0.05) is 54.6 Å². The van der Waals surface area contributed by atoms with E-state index in [0.717, 1.165) is 35.9 Å². The Labute approximate surface area is 310 Å². The number of anilines is 1. The van der Waals surface area contributed by atoms with Crippen LogP contribution in [-0.4, -0.2) is 92.5 Å². The number of alkyl halides is 1. The number of phenols is 1. The first-order valence-electron chi connectivity index (χ1n) is 18.2. The molecule has 3 aromatic carbocycles. The highest BCUT2D eigenvalue weighted by Gasteiger charge is 2.50. The highest BCUT2D eigenvalue weighted by Crippen LogP contribution is 2.43. The second-order valence-corrected chi connectivity index (χ2v) is 14.7. The lowest BCUT2D eigenvalue weighted by Gasteiger charge is -2.41. The van der Waals surface area contributed by atoms with Gasteiger partial charge in [-0.3, -0.25) is 14.8 Å². The van der Waals surface area contributed by atoms with Gasteiger partial charge in [0.05, 0.1) is 29.1 Å². The van der Waals surface area contributed by atoms with E-state index in [9.17, 15) is 19.6 Å². The van der Waals surface area contributed by atoms with Crippen LogP contribution in [0.3, 0.4) is 0 Å². The molecule has 13 heteroatoms. The molecule has 54 heavy (non-hydrogen) atoms. The van der Waals surface area contributed by atoms with Crippen molar-refractivity contribution in [2.75, 3.05) is 37.7 Å². The molecule has 4 saturated heterocycles. The molecule has 4 fully saturated rings. The Morgan fingerprint density at radius 1 is 1.07 bits per heavy atom. The molecule has 9 rings (SSSR count). The van der Waals surface area contributed by atoms with E-state index in [0.29, 0.717) is 48.1 Å². The summed E-state index contributed by atoms with van der Waals surface area (Å²) in [5.41, 5.74) is 1.56. The summed E-state index contributed by atoms with van der Waals surface area (Å²) in [6.45, 7) is 1.96. The number of carbonyl (C=O) groups excluding carboxylic acids is 1. The van der Waals surface area contributed by atoms with Gasteiger partial charge in [-0.25, -0.2) is 13.6 Å². The van der Waals surface area contributed by atoms with Crippen molar-refractivity contribution in [3.63, 3.8) is 0 Å². The van der Waals surface area contributed by atoms with E-state index in [4.69, 9.17) is 14.5 Å². The third-order valence-electron chi connectivity index (χ3n) is 11.4. The zero-order valence-corrected chi connectivity index (χ0v) is 29.4.